The summed E-state index contributed by atoms with van der Waals surface area (Å²) in [5.41, 5.74) is 0. The van der Waals surface area contributed by atoms with E-state index in [1.54, 1.807) is 30.3 Å². The number of hydrogen-bond acceptors (Lipinski definition) is 6. The number of rotatable bonds is 2. The van der Waals surface area contributed by atoms with Crippen molar-refractivity contribution in [3.63, 3.8) is 0 Å². The Kier molecular flexibility index (Phi) is 12.7. The fraction of sp³-hybridized carbons (Fsp3) is 0. The summed E-state index contributed by atoms with van der Waals surface area (Å²) in [7, 11) is -6.15. The van der Waals surface area contributed by atoms with Gasteiger partial charge in [0, 0.05) is 0 Å². The maximum atomic E-state index is 9.98. The minimum atomic E-state index is -3.37. The zero-order valence-corrected chi connectivity index (χ0v) is 11.5. The molecule has 0 aromatic heterocycles. The van der Waals surface area contributed by atoms with E-state index in [9.17, 15) is 9.46 Å². The average molecular weight is 326 g/mol. The van der Waals surface area contributed by atoms with Crippen LogP contribution in [-0.2, 0) is 30.8 Å². The minimum Gasteiger partial charge on any atom is -0.854 e. The monoisotopic (exact) mass is 325 g/mol. The summed E-state index contributed by atoms with van der Waals surface area (Å²) >= 11 is 0. The van der Waals surface area contributed by atoms with Crippen molar-refractivity contribution in [3.05, 3.63) is 30.3 Å². The van der Waals surface area contributed by atoms with Crippen LogP contribution in [0.4, 0.5) is 0 Å². The molecule has 0 aliphatic heterocycles. The molecular weight excluding hydrogens is 321 g/mol. The maximum Gasteiger partial charge on any atom is 4.00 e. The van der Waals surface area contributed by atoms with Crippen LogP contribution in [0.1, 0.15) is 0 Å². The fourth-order valence-corrected chi connectivity index (χ4v) is 0.861. The van der Waals surface area contributed by atoms with Crippen molar-refractivity contribution in [2.24, 2.45) is 0 Å². The van der Waals surface area contributed by atoms with Gasteiger partial charge in [0.15, 0.2) is 5.75 Å². The fourth-order valence-electron chi connectivity index (χ4n) is 0.567. The van der Waals surface area contributed by atoms with Crippen molar-refractivity contribution in [3.8, 4) is 5.75 Å². The molecule has 1 aromatic rings. The van der Waals surface area contributed by atoms with Gasteiger partial charge in [-0.2, -0.15) is 0 Å². The number of benzene rings is 1. The molecule has 0 amide bonds. The van der Waals surface area contributed by atoms with Crippen LogP contribution < -0.4 is 24.1 Å². The van der Waals surface area contributed by atoms with Gasteiger partial charge in [-0.25, -0.2) is 0 Å². The molecule has 0 heterocycles. The van der Waals surface area contributed by atoms with Crippen LogP contribution >= 0.6 is 16.9 Å². The Morgan fingerprint density at radius 1 is 1.13 bits per heavy atom. The van der Waals surface area contributed by atoms with Gasteiger partial charge >= 0.3 is 34.5 Å². The molecule has 9 heteroatoms. The summed E-state index contributed by atoms with van der Waals surface area (Å²) in [6.45, 7) is 0. The van der Waals surface area contributed by atoms with Gasteiger partial charge in [0.05, 0.1) is 0 Å². The van der Waals surface area contributed by atoms with E-state index in [2.05, 4.69) is 4.52 Å². The molecule has 78 valence electrons. The molecule has 6 nitrogen and oxygen atoms in total. The van der Waals surface area contributed by atoms with E-state index in [0.717, 1.165) is 0 Å². The molecule has 1 rings (SSSR count). The Labute approximate surface area is 108 Å². The average Bonchev–Trinajstić information content (AvgIpc) is 2.03. The first kappa shape index (κ1) is 17.7. The molecule has 1 atom stereocenters. The normalized spacial score (nSPS) is 9.53. The first-order valence-corrected chi connectivity index (χ1v) is 5.40. The van der Waals surface area contributed by atoms with Crippen LogP contribution in [0.15, 0.2) is 30.3 Å². The van der Waals surface area contributed by atoms with E-state index in [-0.39, 0.29) is 26.2 Å². The van der Waals surface area contributed by atoms with Crippen molar-refractivity contribution in [2.75, 3.05) is 0 Å². The van der Waals surface area contributed by atoms with Gasteiger partial charge in [0.1, 0.15) is 0 Å². The van der Waals surface area contributed by atoms with Crippen molar-refractivity contribution in [2.45, 2.75) is 0 Å². The summed E-state index contributed by atoms with van der Waals surface area (Å²) < 4.78 is 14.4. The Morgan fingerprint density at radius 2 is 1.53 bits per heavy atom. The van der Waals surface area contributed by atoms with Crippen molar-refractivity contribution >= 4 is 16.9 Å². The zero-order valence-electron chi connectivity index (χ0n) is 7.23. The number of hydrogen-bond donors (Lipinski definition) is 0. The van der Waals surface area contributed by atoms with E-state index in [0.29, 0.717) is 5.75 Å². The molecule has 1 unspecified atom stereocenters. The van der Waals surface area contributed by atoms with E-state index in [1.807, 2.05) is 0 Å². The minimum absolute atomic E-state index is 0. The Morgan fingerprint density at radius 3 is 1.87 bits per heavy atom. The molecule has 0 fully saturated rings. The third-order valence-corrected chi connectivity index (χ3v) is 1.28. The second kappa shape index (κ2) is 10.8. The Bertz CT molecular complexity index is 267. The standard InChI is InChI=1S/C6H5O3P.O3P.Zr/c7-10(8)9-6-4-2-1-3-5-6;1-4(2)3;/h1-5H;;/q;-3;+4. The summed E-state index contributed by atoms with van der Waals surface area (Å²) in [4.78, 5) is 35.4. The molecule has 0 radical (unpaired) electrons. The molecule has 0 saturated heterocycles. The van der Waals surface area contributed by atoms with E-state index in [4.69, 9.17) is 14.7 Å². The van der Waals surface area contributed by atoms with Crippen LogP contribution in [0.2, 0.25) is 0 Å². The first-order chi connectivity index (χ1) is 6.52. The van der Waals surface area contributed by atoms with Crippen molar-refractivity contribution < 1.29 is 54.9 Å². The second-order valence-electron chi connectivity index (χ2n) is 1.85. The van der Waals surface area contributed by atoms with Crippen LogP contribution in [-0.4, -0.2) is 0 Å². The quantitative estimate of drug-likeness (QED) is 0.602. The predicted octanol–water partition coefficient (Wildman–Crippen LogP) is -1.63. The van der Waals surface area contributed by atoms with E-state index >= 15 is 0 Å². The van der Waals surface area contributed by atoms with Gasteiger partial charge in [0.2, 0.25) is 0 Å². The van der Waals surface area contributed by atoms with E-state index in [1.165, 1.54) is 0 Å². The van der Waals surface area contributed by atoms with Gasteiger partial charge in [-0.05, 0) is 16.7 Å². The third kappa shape index (κ3) is 14.3. The summed E-state index contributed by atoms with van der Waals surface area (Å²) in [6.07, 6.45) is 0. The van der Waals surface area contributed by atoms with Crippen molar-refractivity contribution in [1.29, 1.82) is 0 Å². The molecule has 0 aliphatic rings. The second-order valence-corrected chi connectivity index (χ2v) is 2.93. The van der Waals surface area contributed by atoms with Crippen LogP contribution in [0.25, 0.3) is 0 Å². The molecule has 1 aromatic carbocycles. The Hall–Kier alpha value is 0.273. The molecular formula is C6H5O6P2Zr+. The number of para-hydroxylation sites is 1. The first-order valence-electron chi connectivity index (χ1n) is 3.21. The smallest absolute Gasteiger partial charge is 0.854 e. The molecule has 0 bridgehead atoms. The summed E-state index contributed by atoms with van der Waals surface area (Å²) in [6, 6.07) is 8.34. The molecule has 0 spiro atoms. The Balaban J connectivity index is 0. The van der Waals surface area contributed by atoms with Gasteiger partial charge in [0.25, 0.3) is 0 Å². The largest absolute Gasteiger partial charge is 4.00 e. The third-order valence-electron chi connectivity index (χ3n) is 0.923. The summed E-state index contributed by atoms with van der Waals surface area (Å²) in [5.74, 6) is 0.346. The molecule has 0 N–H and O–H groups in total. The summed E-state index contributed by atoms with van der Waals surface area (Å²) in [5, 5.41) is 0. The van der Waals surface area contributed by atoms with Gasteiger partial charge in [-0.1, -0.05) is 18.2 Å². The van der Waals surface area contributed by atoms with Crippen LogP contribution in [0, 0.1) is 0 Å². The van der Waals surface area contributed by atoms with Crippen LogP contribution in [0.3, 0.4) is 0 Å². The molecule has 0 aliphatic carbocycles. The maximum absolute atomic E-state index is 9.98. The molecule has 15 heavy (non-hydrogen) atoms. The van der Waals surface area contributed by atoms with E-state index < -0.39 is 16.9 Å². The van der Waals surface area contributed by atoms with Gasteiger partial charge in [-0.15, -0.1) is 0 Å². The van der Waals surface area contributed by atoms with Crippen molar-refractivity contribution in [1.82, 2.24) is 0 Å². The van der Waals surface area contributed by atoms with Crippen LogP contribution in [0.5, 0.6) is 5.75 Å². The zero-order chi connectivity index (χ0) is 11.0. The molecule has 0 saturated carbocycles. The SMILES string of the molecule is O=[P+]([O-])Oc1ccccc1.[O-]P([O-])[O-].[Zr+4]. The topological polar surface area (TPSA) is 119 Å². The predicted molar refractivity (Wildman–Crippen MR) is 41.6 cm³/mol. The van der Waals surface area contributed by atoms with Gasteiger partial charge in [-0.3, -0.25) is 4.52 Å². The van der Waals surface area contributed by atoms with Gasteiger partial charge < -0.3 is 28.2 Å².